The Morgan fingerprint density at radius 3 is 2.56 bits per heavy atom. The number of aliphatic carboxylic acids is 1. The van der Waals surface area contributed by atoms with Crippen LogP contribution < -0.4 is 14.8 Å². The zero-order valence-electron chi connectivity index (χ0n) is 18.0. The minimum atomic E-state index is -5.08. The maximum atomic E-state index is 10.6. The molecule has 1 unspecified atom stereocenters. The van der Waals surface area contributed by atoms with E-state index in [1.807, 2.05) is 24.3 Å². The van der Waals surface area contributed by atoms with Crippen molar-refractivity contribution < 1.29 is 37.3 Å². The molecular weight excluding hydrogens is 455 g/mol. The summed E-state index contributed by atoms with van der Waals surface area (Å²) in [5.74, 6) is 0.217. The first-order chi connectivity index (χ1) is 16.3. The lowest BCUT2D eigenvalue weighted by molar-refractivity contribution is -0.192. The summed E-state index contributed by atoms with van der Waals surface area (Å²) in [5.41, 5.74) is 3.10. The highest BCUT2D eigenvalue weighted by Gasteiger charge is 2.38. The van der Waals surface area contributed by atoms with Crippen molar-refractivity contribution in [3.63, 3.8) is 0 Å². The molecule has 2 aromatic carbocycles. The second-order valence-corrected chi connectivity index (χ2v) is 7.79. The molecule has 0 radical (unpaired) electrons. The Bertz CT molecular complexity index is 1170. The van der Waals surface area contributed by atoms with Crippen LogP contribution >= 0.6 is 0 Å². The van der Waals surface area contributed by atoms with Gasteiger partial charge in [-0.3, -0.25) is 0 Å². The van der Waals surface area contributed by atoms with Gasteiger partial charge in [-0.05, 0) is 54.2 Å². The number of carboxylic acids is 1. The Kier molecular flexibility index (Phi) is 7.01. The second kappa shape index (κ2) is 10.1. The zero-order valence-corrected chi connectivity index (χ0v) is 18.0. The third-order valence-electron chi connectivity index (χ3n) is 5.40. The smallest absolute Gasteiger partial charge is 0.475 e. The number of anilines is 1. The molecule has 34 heavy (non-hydrogen) atoms. The average molecular weight is 477 g/mol. The van der Waals surface area contributed by atoms with E-state index in [-0.39, 0.29) is 6.79 Å². The molecule has 8 nitrogen and oxygen atoms in total. The minimum Gasteiger partial charge on any atom is -0.475 e. The predicted octanol–water partition coefficient (Wildman–Crippen LogP) is 4.50. The van der Waals surface area contributed by atoms with Crippen LogP contribution in [0.3, 0.4) is 0 Å². The van der Waals surface area contributed by atoms with Crippen molar-refractivity contribution in [2.45, 2.75) is 19.0 Å². The molecule has 2 aliphatic heterocycles. The number of aromatic nitrogens is 2. The highest BCUT2D eigenvalue weighted by molar-refractivity contribution is 5.92. The van der Waals surface area contributed by atoms with Crippen LogP contribution in [-0.2, 0) is 9.53 Å². The molecule has 1 atom stereocenters. The standard InChI is InChI=1S/C21H21N3O3.C2HF3O2/c1-2-14(11-25-7-1)10-22-21-17-8-15(3-5-18(17)23-12-24-21)16-4-6-19-20(9-16)27-13-26-19;3-2(4,5)1(6)7/h3-6,8-9,12,14H,1-2,7,10-11,13H2,(H,22,23,24);(H,6,7). The number of ether oxygens (including phenoxy) is 3. The fourth-order valence-electron chi connectivity index (χ4n) is 3.66. The summed E-state index contributed by atoms with van der Waals surface area (Å²) in [7, 11) is 0. The van der Waals surface area contributed by atoms with Gasteiger partial charge in [-0.25, -0.2) is 14.8 Å². The van der Waals surface area contributed by atoms with Gasteiger partial charge in [0.05, 0.1) is 12.1 Å². The van der Waals surface area contributed by atoms with E-state index in [2.05, 4.69) is 27.4 Å². The molecule has 2 N–H and O–H groups in total. The van der Waals surface area contributed by atoms with Crippen LogP contribution in [0, 0.1) is 5.92 Å². The van der Waals surface area contributed by atoms with E-state index < -0.39 is 12.1 Å². The van der Waals surface area contributed by atoms with Crippen molar-refractivity contribution in [2.24, 2.45) is 5.92 Å². The molecule has 0 saturated carbocycles. The van der Waals surface area contributed by atoms with Crippen molar-refractivity contribution in [1.29, 1.82) is 0 Å². The fourth-order valence-corrected chi connectivity index (χ4v) is 3.66. The SMILES string of the molecule is O=C(O)C(F)(F)F.c1nc(NCC2CCCOC2)c2cc(-c3ccc4c(c3)OCO4)ccc2n1. The Labute approximate surface area is 192 Å². The van der Waals surface area contributed by atoms with Crippen LogP contribution in [0.2, 0.25) is 0 Å². The van der Waals surface area contributed by atoms with Crippen molar-refractivity contribution in [3.05, 3.63) is 42.7 Å². The monoisotopic (exact) mass is 477 g/mol. The molecule has 3 aromatic rings. The number of nitrogens with zero attached hydrogens (tertiary/aromatic N) is 2. The number of benzene rings is 2. The Balaban J connectivity index is 0.000000344. The predicted molar refractivity (Wildman–Crippen MR) is 117 cm³/mol. The molecule has 5 rings (SSSR count). The first-order valence-corrected chi connectivity index (χ1v) is 10.6. The van der Waals surface area contributed by atoms with E-state index in [9.17, 15) is 13.2 Å². The molecular formula is C23H22F3N3O5. The van der Waals surface area contributed by atoms with Crippen molar-refractivity contribution in [2.75, 3.05) is 31.9 Å². The van der Waals surface area contributed by atoms with Crippen molar-refractivity contribution in [1.82, 2.24) is 9.97 Å². The summed E-state index contributed by atoms with van der Waals surface area (Å²) in [4.78, 5) is 17.8. The molecule has 0 aliphatic carbocycles. The summed E-state index contributed by atoms with van der Waals surface area (Å²) in [6.07, 6.45) is -1.15. The topological polar surface area (TPSA) is 103 Å². The number of hydrogen-bond donors (Lipinski definition) is 2. The van der Waals surface area contributed by atoms with Gasteiger partial charge in [-0.2, -0.15) is 13.2 Å². The number of halogens is 3. The normalized spacial score (nSPS) is 17.1. The maximum absolute atomic E-state index is 10.6. The van der Waals surface area contributed by atoms with E-state index in [1.54, 1.807) is 6.33 Å². The first kappa shape index (κ1) is 23.6. The highest BCUT2D eigenvalue weighted by Crippen LogP contribution is 2.37. The van der Waals surface area contributed by atoms with Crippen LogP contribution in [0.25, 0.3) is 22.0 Å². The molecule has 1 fully saturated rings. The largest absolute Gasteiger partial charge is 0.490 e. The summed E-state index contributed by atoms with van der Waals surface area (Å²) in [5, 5.41) is 11.6. The van der Waals surface area contributed by atoms with Gasteiger partial charge >= 0.3 is 12.1 Å². The second-order valence-electron chi connectivity index (χ2n) is 7.79. The van der Waals surface area contributed by atoms with E-state index in [4.69, 9.17) is 24.1 Å². The molecule has 1 saturated heterocycles. The van der Waals surface area contributed by atoms with E-state index in [1.165, 1.54) is 6.42 Å². The van der Waals surface area contributed by atoms with Gasteiger partial charge in [0.15, 0.2) is 11.5 Å². The molecule has 3 heterocycles. The van der Waals surface area contributed by atoms with Gasteiger partial charge < -0.3 is 24.6 Å². The molecule has 0 amide bonds. The maximum Gasteiger partial charge on any atom is 0.490 e. The number of rotatable bonds is 4. The molecule has 1 aromatic heterocycles. The number of hydrogen-bond acceptors (Lipinski definition) is 7. The summed E-state index contributed by atoms with van der Waals surface area (Å²) < 4.78 is 48.2. The van der Waals surface area contributed by atoms with Crippen LogP contribution in [0.1, 0.15) is 12.8 Å². The highest BCUT2D eigenvalue weighted by atomic mass is 19.4. The Morgan fingerprint density at radius 2 is 1.82 bits per heavy atom. The van der Waals surface area contributed by atoms with Gasteiger partial charge in [0.2, 0.25) is 6.79 Å². The number of fused-ring (bicyclic) bond motifs is 2. The Morgan fingerprint density at radius 1 is 1.09 bits per heavy atom. The number of carboxylic acid groups (broad SMARTS) is 1. The minimum absolute atomic E-state index is 0.281. The fraction of sp³-hybridized carbons (Fsp3) is 0.348. The van der Waals surface area contributed by atoms with Gasteiger partial charge in [0.25, 0.3) is 0 Å². The van der Waals surface area contributed by atoms with Crippen molar-refractivity contribution in [3.8, 4) is 22.6 Å². The number of carbonyl (C=O) groups is 1. The van der Waals surface area contributed by atoms with Crippen LogP contribution in [0.15, 0.2) is 42.7 Å². The summed E-state index contributed by atoms with van der Waals surface area (Å²) in [6.45, 7) is 2.84. The lowest BCUT2D eigenvalue weighted by Crippen LogP contribution is -2.24. The van der Waals surface area contributed by atoms with E-state index >= 15 is 0 Å². The molecule has 2 aliphatic rings. The molecule has 11 heteroatoms. The van der Waals surface area contributed by atoms with Gasteiger partial charge in [-0.1, -0.05) is 12.1 Å². The Hall–Kier alpha value is -3.60. The average Bonchev–Trinajstić information content (AvgIpc) is 3.31. The van der Waals surface area contributed by atoms with Gasteiger partial charge in [0, 0.05) is 18.5 Å². The van der Waals surface area contributed by atoms with E-state index in [0.717, 1.165) is 65.5 Å². The summed E-state index contributed by atoms with van der Waals surface area (Å²) >= 11 is 0. The van der Waals surface area contributed by atoms with E-state index in [0.29, 0.717) is 5.92 Å². The van der Waals surface area contributed by atoms with Crippen LogP contribution in [0.4, 0.5) is 19.0 Å². The zero-order chi connectivity index (χ0) is 24.1. The lowest BCUT2D eigenvalue weighted by Gasteiger charge is -2.22. The summed E-state index contributed by atoms with van der Waals surface area (Å²) in [6, 6.07) is 12.3. The van der Waals surface area contributed by atoms with Crippen LogP contribution in [0.5, 0.6) is 11.5 Å². The van der Waals surface area contributed by atoms with Gasteiger partial charge in [-0.15, -0.1) is 0 Å². The van der Waals surface area contributed by atoms with Crippen LogP contribution in [-0.4, -0.2) is 53.8 Å². The lowest BCUT2D eigenvalue weighted by atomic mass is 10.0. The quantitative estimate of drug-likeness (QED) is 0.567. The number of nitrogens with one attached hydrogen (secondary N) is 1. The third kappa shape index (κ3) is 5.66. The number of alkyl halides is 3. The molecule has 180 valence electrons. The molecule has 0 bridgehead atoms. The molecule has 0 spiro atoms. The van der Waals surface area contributed by atoms with Crippen molar-refractivity contribution >= 4 is 22.7 Å². The first-order valence-electron chi connectivity index (χ1n) is 10.6. The van der Waals surface area contributed by atoms with Gasteiger partial charge in [0.1, 0.15) is 12.1 Å². The third-order valence-corrected chi connectivity index (χ3v) is 5.40.